The van der Waals surface area contributed by atoms with E-state index in [1.807, 2.05) is 0 Å². The third kappa shape index (κ3) is 9.57. The van der Waals surface area contributed by atoms with E-state index in [1.165, 1.54) is 0 Å². The number of ether oxygens (including phenoxy) is 1. The highest BCUT2D eigenvalue weighted by molar-refractivity contribution is 5.85. The Balaban J connectivity index is 0. The summed E-state index contributed by atoms with van der Waals surface area (Å²) in [4.78, 5) is 11.0. The number of nitrogens with two attached hydrogens (primary N) is 1. The number of aliphatic hydroxyl groups excluding tert-OH is 1. The molecule has 0 rings (SSSR count). The maximum absolute atomic E-state index is 11.0. The van der Waals surface area contributed by atoms with E-state index >= 15 is 0 Å². The standard InChI is InChI=1S/C8H18N2O3.ClH/c1-8(2,3)13-7(12)10-4-6(9)5-11;/h6,11H,4-5,9H2,1-3H3,(H,10,12);1H/t6-;/m0./s1. The maximum Gasteiger partial charge on any atom is 0.407 e. The molecule has 0 radical (unpaired) electrons. The lowest BCUT2D eigenvalue weighted by atomic mass is 10.2. The first-order valence-corrected chi connectivity index (χ1v) is 4.18. The summed E-state index contributed by atoms with van der Waals surface area (Å²) < 4.78 is 4.95. The van der Waals surface area contributed by atoms with Crippen LogP contribution in [0.1, 0.15) is 20.8 Å². The number of amides is 1. The molecule has 86 valence electrons. The molecule has 5 nitrogen and oxygen atoms in total. The molecule has 0 spiro atoms. The van der Waals surface area contributed by atoms with Crippen molar-refractivity contribution in [2.75, 3.05) is 13.2 Å². The van der Waals surface area contributed by atoms with Crippen LogP contribution in [0.5, 0.6) is 0 Å². The van der Waals surface area contributed by atoms with Crippen molar-refractivity contribution in [3.63, 3.8) is 0 Å². The van der Waals surface area contributed by atoms with E-state index in [9.17, 15) is 4.79 Å². The normalized spacial score (nSPS) is 12.6. The highest BCUT2D eigenvalue weighted by Gasteiger charge is 2.16. The summed E-state index contributed by atoms with van der Waals surface area (Å²) in [5, 5.41) is 11.0. The minimum atomic E-state index is -0.517. The Hall–Kier alpha value is -0.520. The smallest absolute Gasteiger partial charge is 0.407 e. The van der Waals surface area contributed by atoms with Gasteiger partial charge in [-0.25, -0.2) is 4.79 Å². The molecule has 0 bridgehead atoms. The van der Waals surface area contributed by atoms with Gasteiger partial charge in [0.05, 0.1) is 6.61 Å². The number of rotatable bonds is 3. The van der Waals surface area contributed by atoms with Crippen molar-refractivity contribution in [3.05, 3.63) is 0 Å². The van der Waals surface area contributed by atoms with E-state index in [1.54, 1.807) is 20.8 Å². The van der Waals surface area contributed by atoms with E-state index in [0.29, 0.717) is 0 Å². The zero-order valence-corrected chi connectivity index (χ0v) is 9.56. The quantitative estimate of drug-likeness (QED) is 0.644. The van der Waals surface area contributed by atoms with Crippen LogP contribution in [0.15, 0.2) is 0 Å². The topological polar surface area (TPSA) is 84.6 Å². The molecular weight excluding hydrogens is 208 g/mol. The third-order valence-electron chi connectivity index (χ3n) is 1.14. The van der Waals surface area contributed by atoms with Crippen molar-refractivity contribution in [3.8, 4) is 0 Å². The molecule has 1 atom stereocenters. The SMILES string of the molecule is CC(C)(C)OC(=O)NC[C@H](N)CO.Cl. The average Bonchev–Trinajstić information content (AvgIpc) is 1.97. The van der Waals surface area contributed by atoms with Crippen LogP contribution in [-0.2, 0) is 4.74 Å². The summed E-state index contributed by atoms with van der Waals surface area (Å²) in [5.41, 5.74) is 4.86. The Morgan fingerprint density at radius 2 is 2.07 bits per heavy atom. The molecule has 1 amide bonds. The first-order valence-electron chi connectivity index (χ1n) is 4.18. The summed E-state index contributed by atoms with van der Waals surface area (Å²) in [6.07, 6.45) is -0.517. The van der Waals surface area contributed by atoms with Crippen LogP contribution in [-0.4, -0.2) is 36.0 Å². The summed E-state index contributed by atoms with van der Waals surface area (Å²) in [6.45, 7) is 5.39. The van der Waals surface area contributed by atoms with E-state index in [2.05, 4.69) is 5.32 Å². The lowest BCUT2D eigenvalue weighted by Gasteiger charge is -2.20. The Labute approximate surface area is 90.4 Å². The lowest BCUT2D eigenvalue weighted by Crippen LogP contribution is -2.41. The summed E-state index contributed by atoms with van der Waals surface area (Å²) in [7, 11) is 0. The molecule has 6 heteroatoms. The first kappa shape index (κ1) is 15.9. The lowest BCUT2D eigenvalue weighted by molar-refractivity contribution is 0.0521. The Kier molecular flexibility index (Phi) is 7.81. The van der Waals surface area contributed by atoms with Gasteiger partial charge in [-0.1, -0.05) is 0 Å². The number of alkyl carbamates (subject to hydrolysis) is 1. The molecule has 0 saturated heterocycles. The number of halogens is 1. The van der Waals surface area contributed by atoms with E-state index in [-0.39, 0.29) is 25.6 Å². The molecule has 0 aliphatic heterocycles. The van der Waals surface area contributed by atoms with Crippen molar-refractivity contribution in [2.24, 2.45) is 5.73 Å². The van der Waals surface area contributed by atoms with Gasteiger partial charge in [0.1, 0.15) is 5.60 Å². The Bertz CT molecular complexity index is 170. The average molecular weight is 227 g/mol. The van der Waals surface area contributed by atoms with Crippen LogP contribution in [0, 0.1) is 0 Å². The van der Waals surface area contributed by atoms with Crippen molar-refractivity contribution < 1.29 is 14.6 Å². The van der Waals surface area contributed by atoms with Crippen LogP contribution in [0.3, 0.4) is 0 Å². The van der Waals surface area contributed by atoms with Gasteiger partial charge < -0.3 is 20.9 Å². The van der Waals surface area contributed by atoms with Crippen molar-refractivity contribution in [2.45, 2.75) is 32.4 Å². The fraction of sp³-hybridized carbons (Fsp3) is 0.875. The van der Waals surface area contributed by atoms with Gasteiger partial charge >= 0.3 is 6.09 Å². The zero-order chi connectivity index (χ0) is 10.5. The summed E-state index contributed by atoms with van der Waals surface area (Å²) in [5.74, 6) is 0. The molecule has 4 N–H and O–H groups in total. The number of carbonyl (C=O) groups is 1. The fourth-order valence-corrected chi connectivity index (χ4v) is 0.593. The van der Waals surface area contributed by atoms with Gasteiger partial charge in [0, 0.05) is 12.6 Å². The Morgan fingerprint density at radius 1 is 1.57 bits per heavy atom. The zero-order valence-electron chi connectivity index (χ0n) is 8.74. The first-order chi connectivity index (χ1) is 5.85. The van der Waals surface area contributed by atoms with Crippen LogP contribution < -0.4 is 11.1 Å². The highest BCUT2D eigenvalue weighted by atomic mass is 35.5. The molecule has 0 aromatic heterocycles. The number of nitrogens with one attached hydrogen (secondary N) is 1. The van der Waals surface area contributed by atoms with E-state index in [0.717, 1.165) is 0 Å². The summed E-state index contributed by atoms with van der Waals surface area (Å²) in [6, 6.07) is -0.437. The van der Waals surface area contributed by atoms with Gasteiger partial charge in [-0.05, 0) is 20.8 Å². The maximum atomic E-state index is 11.0. The number of aliphatic hydroxyl groups is 1. The number of hydrogen-bond donors (Lipinski definition) is 3. The van der Waals surface area contributed by atoms with Gasteiger partial charge in [-0.2, -0.15) is 0 Å². The fourth-order valence-electron chi connectivity index (χ4n) is 0.593. The van der Waals surface area contributed by atoms with Crippen LogP contribution in [0.2, 0.25) is 0 Å². The number of carbonyl (C=O) groups excluding carboxylic acids is 1. The van der Waals surface area contributed by atoms with Gasteiger partial charge in [-0.15, -0.1) is 12.4 Å². The highest BCUT2D eigenvalue weighted by Crippen LogP contribution is 2.05. The predicted octanol–water partition coefficient (Wildman–Crippen LogP) is 0.253. The molecule has 0 heterocycles. The van der Waals surface area contributed by atoms with E-state index < -0.39 is 17.7 Å². The van der Waals surface area contributed by atoms with Crippen LogP contribution >= 0.6 is 12.4 Å². The van der Waals surface area contributed by atoms with Gasteiger partial charge in [0.2, 0.25) is 0 Å². The second-order valence-electron chi connectivity index (χ2n) is 3.83. The van der Waals surface area contributed by atoms with E-state index in [4.69, 9.17) is 15.6 Å². The Morgan fingerprint density at radius 3 is 2.43 bits per heavy atom. The molecule has 0 fully saturated rings. The predicted molar refractivity (Wildman–Crippen MR) is 56.5 cm³/mol. The molecule has 0 unspecified atom stereocenters. The van der Waals surface area contributed by atoms with Gasteiger partial charge in [0.15, 0.2) is 0 Å². The van der Waals surface area contributed by atoms with Gasteiger partial charge in [0.25, 0.3) is 0 Å². The largest absolute Gasteiger partial charge is 0.444 e. The minimum absolute atomic E-state index is 0. The van der Waals surface area contributed by atoms with Crippen molar-refractivity contribution in [1.29, 1.82) is 0 Å². The third-order valence-corrected chi connectivity index (χ3v) is 1.14. The van der Waals surface area contributed by atoms with Crippen LogP contribution in [0.4, 0.5) is 4.79 Å². The molecule has 0 aromatic carbocycles. The second kappa shape index (κ2) is 6.86. The molecule has 14 heavy (non-hydrogen) atoms. The van der Waals surface area contributed by atoms with Crippen LogP contribution in [0.25, 0.3) is 0 Å². The number of hydrogen-bond acceptors (Lipinski definition) is 4. The van der Waals surface area contributed by atoms with Gasteiger partial charge in [-0.3, -0.25) is 0 Å². The molecule has 0 aromatic rings. The van der Waals surface area contributed by atoms with Crippen molar-refractivity contribution >= 4 is 18.5 Å². The monoisotopic (exact) mass is 226 g/mol. The second-order valence-corrected chi connectivity index (χ2v) is 3.83. The molecule has 0 saturated carbocycles. The molecular formula is C8H19ClN2O3. The summed E-state index contributed by atoms with van der Waals surface area (Å²) >= 11 is 0. The van der Waals surface area contributed by atoms with Crippen molar-refractivity contribution in [1.82, 2.24) is 5.32 Å². The molecule has 0 aliphatic carbocycles. The molecule has 0 aliphatic rings. The minimum Gasteiger partial charge on any atom is -0.444 e.